The van der Waals surface area contributed by atoms with Crippen molar-refractivity contribution in [2.45, 2.75) is 52.1 Å². The average molecular weight is 433 g/mol. The molecule has 1 aromatic rings. The van der Waals surface area contributed by atoms with Crippen LogP contribution < -0.4 is 9.92 Å². The van der Waals surface area contributed by atoms with Gasteiger partial charge >= 0.3 is 11.9 Å². The number of hydrogen-bond acceptors (Lipinski definition) is 5. The molecular formula is C22H32O5Si2. The first kappa shape index (κ1) is 23.2. The lowest BCUT2D eigenvalue weighted by atomic mass is 9.84. The van der Waals surface area contributed by atoms with E-state index in [0.717, 1.165) is 27.6 Å². The van der Waals surface area contributed by atoms with E-state index in [2.05, 4.69) is 50.7 Å². The number of benzene rings is 1. The van der Waals surface area contributed by atoms with Crippen LogP contribution in [0.4, 0.5) is 0 Å². The molecule has 5 nitrogen and oxygen atoms in total. The molecule has 0 aliphatic heterocycles. The summed E-state index contributed by atoms with van der Waals surface area (Å²) in [5.41, 5.74) is 4.88. The maximum absolute atomic E-state index is 12.7. The van der Waals surface area contributed by atoms with E-state index in [9.17, 15) is 9.59 Å². The molecule has 0 radical (unpaired) electrons. The lowest BCUT2D eigenvalue weighted by molar-refractivity contribution is -0.168. The summed E-state index contributed by atoms with van der Waals surface area (Å²) in [6.45, 7) is 13.3. The van der Waals surface area contributed by atoms with Gasteiger partial charge in [0.1, 0.15) is 13.8 Å². The zero-order chi connectivity index (χ0) is 22.2. The van der Waals surface area contributed by atoms with E-state index in [1.807, 2.05) is 6.07 Å². The minimum Gasteiger partial charge on any atom is -0.497 e. The van der Waals surface area contributed by atoms with Crippen LogP contribution in [0.1, 0.15) is 16.7 Å². The first-order chi connectivity index (χ1) is 13.3. The fraction of sp³-hybridized carbons (Fsp3) is 0.545. The summed E-state index contributed by atoms with van der Waals surface area (Å²) in [6.07, 6.45) is 0.463. The summed E-state index contributed by atoms with van der Waals surface area (Å²) in [5, 5.41) is 1.13. The molecule has 2 rings (SSSR count). The van der Waals surface area contributed by atoms with Crippen molar-refractivity contribution in [2.75, 3.05) is 21.3 Å². The number of rotatable bonds is 4. The molecule has 7 heteroatoms. The van der Waals surface area contributed by atoms with Gasteiger partial charge in [0.2, 0.25) is 0 Å². The third-order valence-electron chi connectivity index (χ3n) is 5.15. The van der Waals surface area contributed by atoms with Gasteiger partial charge in [-0.2, -0.15) is 0 Å². The molecule has 0 fully saturated rings. The Labute approximate surface area is 176 Å². The summed E-state index contributed by atoms with van der Waals surface area (Å²) in [6, 6.07) is 1.97. The molecule has 0 saturated carbocycles. The monoisotopic (exact) mass is 432 g/mol. The molecule has 29 heavy (non-hydrogen) atoms. The van der Waals surface area contributed by atoms with Gasteiger partial charge in [0.05, 0.1) is 29.4 Å². The molecule has 0 aromatic heterocycles. The first-order valence-electron chi connectivity index (χ1n) is 9.74. The third kappa shape index (κ3) is 4.43. The molecule has 1 aromatic carbocycles. The number of ether oxygens (including phenoxy) is 3. The summed E-state index contributed by atoms with van der Waals surface area (Å²) in [4.78, 5) is 25.4. The van der Waals surface area contributed by atoms with Crippen LogP contribution in [0.3, 0.4) is 0 Å². The van der Waals surface area contributed by atoms with Gasteiger partial charge in [-0.15, -0.1) is 5.54 Å². The summed E-state index contributed by atoms with van der Waals surface area (Å²) < 4.78 is 15.8. The number of fused-ring (bicyclic) bond motifs is 1. The largest absolute Gasteiger partial charge is 0.497 e. The highest BCUT2D eigenvalue weighted by atomic mass is 28.3. The van der Waals surface area contributed by atoms with Crippen LogP contribution >= 0.6 is 0 Å². The van der Waals surface area contributed by atoms with Gasteiger partial charge in [0.15, 0.2) is 5.41 Å². The standard InChI is InChI=1S/C22H32O5Si2/c1-25-18-12-15-13-22(20(23)26-2,21(24)27-3)14-17(15)16(10-11-28(4,5)6)19(18)29(7,8)9/h12H,13-14H2,1-9H3. The number of carbonyl (C=O) groups excluding carboxylic acids is 2. The zero-order valence-electron chi connectivity index (χ0n) is 19.0. The van der Waals surface area contributed by atoms with Crippen molar-refractivity contribution in [1.82, 2.24) is 0 Å². The highest BCUT2D eigenvalue weighted by molar-refractivity contribution is 6.90. The van der Waals surface area contributed by atoms with E-state index in [0.29, 0.717) is 0 Å². The Morgan fingerprint density at radius 1 is 0.966 bits per heavy atom. The van der Waals surface area contributed by atoms with Crippen molar-refractivity contribution in [2.24, 2.45) is 5.41 Å². The maximum Gasteiger partial charge on any atom is 0.323 e. The fourth-order valence-corrected chi connectivity index (χ4v) is 6.23. The average Bonchev–Trinajstić information content (AvgIpc) is 3.02. The summed E-state index contributed by atoms with van der Waals surface area (Å²) in [7, 11) is 0.770. The second kappa shape index (κ2) is 8.00. The van der Waals surface area contributed by atoms with Crippen LogP contribution in [0, 0.1) is 16.9 Å². The molecule has 0 heterocycles. The number of hydrogen-bond donors (Lipinski definition) is 0. The highest BCUT2D eigenvalue weighted by Crippen LogP contribution is 2.42. The van der Waals surface area contributed by atoms with E-state index >= 15 is 0 Å². The van der Waals surface area contributed by atoms with E-state index in [4.69, 9.17) is 14.2 Å². The topological polar surface area (TPSA) is 61.8 Å². The quantitative estimate of drug-likeness (QED) is 0.317. The molecule has 0 unspecified atom stereocenters. The first-order valence-corrected chi connectivity index (χ1v) is 16.7. The van der Waals surface area contributed by atoms with Crippen molar-refractivity contribution in [1.29, 1.82) is 0 Å². The SMILES string of the molecule is COC(=O)C1(C(=O)OC)Cc2cc(OC)c([Si](C)(C)C)c(C#C[Si](C)(C)C)c2C1. The predicted molar refractivity (Wildman–Crippen MR) is 120 cm³/mol. The van der Waals surface area contributed by atoms with E-state index < -0.39 is 33.5 Å². The molecule has 0 bridgehead atoms. The predicted octanol–water partition coefficient (Wildman–Crippen LogP) is 2.90. The minimum absolute atomic E-state index is 0.228. The van der Waals surface area contributed by atoms with Gasteiger partial charge in [0, 0.05) is 12.0 Å². The Balaban J connectivity index is 2.85. The lowest BCUT2D eigenvalue weighted by Gasteiger charge is -2.25. The molecule has 0 amide bonds. The van der Waals surface area contributed by atoms with Crippen molar-refractivity contribution >= 4 is 33.3 Å². The highest BCUT2D eigenvalue weighted by Gasteiger charge is 2.53. The maximum atomic E-state index is 12.7. The van der Waals surface area contributed by atoms with Crippen LogP contribution in [0.15, 0.2) is 6.07 Å². The van der Waals surface area contributed by atoms with Crippen molar-refractivity contribution in [3.63, 3.8) is 0 Å². The Kier molecular flexibility index (Phi) is 6.41. The Morgan fingerprint density at radius 2 is 1.52 bits per heavy atom. The molecule has 1 aliphatic rings. The third-order valence-corrected chi connectivity index (χ3v) is 8.02. The van der Waals surface area contributed by atoms with Crippen molar-refractivity contribution in [3.05, 3.63) is 22.8 Å². The lowest BCUT2D eigenvalue weighted by Crippen LogP contribution is -2.42. The molecule has 1 aliphatic carbocycles. The molecule has 0 atom stereocenters. The van der Waals surface area contributed by atoms with Gasteiger partial charge in [0.25, 0.3) is 0 Å². The van der Waals surface area contributed by atoms with Crippen LogP contribution in [0.2, 0.25) is 39.3 Å². The van der Waals surface area contributed by atoms with Crippen molar-refractivity contribution in [3.8, 4) is 17.2 Å². The van der Waals surface area contributed by atoms with Crippen LogP contribution in [0.25, 0.3) is 0 Å². The number of esters is 2. The van der Waals surface area contributed by atoms with Gasteiger partial charge in [-0.1, -0.05) is 45.2 Å². The normalized spacial score (nSPS) is 15.1. The second-order valence-electron chi connectivity index (χ2n) is 9.64. The Bertz CT molecular complexity index is 879. The zero-order valence-corrected chi connectivity index (χ0v) is 21.0. The van der Waals surface area contributed by atoms with E-state index in [1.165, 1.54) is 14.2 Å². The second-order valence-corrected chi connectivity index (χ2v) is 19.4. The molecule has 0 spiro atoms. The minimum atomic E-state index is -1.84. The molecule has 0 saturated heterocycles. The van der Waals surface area contributed by atoms with Crippen LogP contribution in [-0.2, 0) is 31.9 Å². The summed E-state index contributed by atoms with van der Waals surface area (Å²) in [5.74, 6) is 3.09. The van der Waals surface area contributed by atoms with Crippen LogP contribution in [0.5, 0.6) is 5.75 Å². The fourth-order valence-electron chi connectivity index (χ4n) is 3.86. The Hall–Kier alpha value is -2.05. The number of carbonyl (C=O) groups is 2. The smallest absolute Gasteiger partial charge is 0.323 e. The Morgan fingerprint density at radius 3 is 1.93 bits per heavy atom. The molecule has 158 valence electrons. The number of methoxy groups -OCH3 is 3. The van der Waals surface area contributed by atoms with Crippen molar-refractivity contribution < 1.29 is 23.8 Å². The molecule has 0 N–H and O–H groups in total. The van der Waals surface area contributed by atoms with E-state index in [-0.39, 0.29) is 12.8 Å². The molecular weight excluding hydrogens is 400 g/mol. The summed E-state index contributed by atoms with van der Waals surface area (Å²) >= 11 is 0. The van der Waals surface area contributed by atoms with E-state index in [1.54, 1.807) is 7.11 Å². The van der Waals surface area contributed by atoms with Gasteiger partial charge in [-0.05, 0) is 28.8 Å². The van der Waals surface area contributed by atoms with Gasteiger partial charge < -0.3 is 14.2 Å². The van der Waals surface area contributed by atoms with Gasteiger partial charge in [-0.3, -0.25) is 9.59 Å². The van der Waals surface area contributed by atoms with Crippen LogP contribution in [-0.4, -0.2) is 49.4 Å². The van der Waals surface area contributed by atoms with Gasteiger partial charge in [-0.25, -0.2) is 0 Å².